The highest BCUT2D eigenvalue weighted by Gasteiger charge is 2.27. The molecule has 1 aliphatic heterocycles. The number of hydrogen-bond acceptors (Lipinski definition) is 4. The molecule has 1 heterocycles. The fourth-order valence-corrected chi connectivity index (χ4v) is 6.21. The smallest absolute Gasteiger partial charge is 0.262 e. The molecule has 1 fully saturated rings. The maximum atomic E-state index is 12.9. The molecule has 0 aromatic heterocycles. The average molecular weight is 409 g/mol. The summed E-state index contributed by atoms with van der Waals surface area (Å²) in [6.45, 7) is 5.89. The van der Waals surface area contributed by atoms with Crippen molar-refractivity contribution in [2.24, 2.45) is 0 Å². The molecule has 1 aliphatic rings. The lowest BCUT2D eigenvalue weighted by molar-refractivity contribution is 0.574. The molecular weight excluding hydrogens is 384 g/mol. The number of hydrogen-bond donors (Lipinski definition) is 1. The average Bonchev–Trinajstić information content (AvgIpc) is 2.58. The van der Waals surface area contributed by atoms with Crippen molar-refractivity contribution in [3.63, 3.8) is 0 Å². The summed E-state index contributed by atoms with van der Waals surface area (Å²) in [6, 6.07) is 10.1. The van der Waals surface area contributed by atoms with E-state index in [1.165, 1.54) is 10.4 Å². The molecule has 0 spiro atoms. The van der Waals surface area contributed by atoms with E-state index < -0.39 is 20.0 Å². The molecule has 2 aromatic rings. The Bertz CT molecular complexity index is 1080. The van der Waals surface area contributed by atoms with Crippen molar-refractivity contribution in [3.05, 3.63) is 53.1 Å². The summed E-state index contributed by atoms with van der Waals surface area (Å²) in [4.78, 5) is 0.140. The van der Waals surface area contributed by atoms with Crippen molar-refractivity contribution in [2.45, 2.75) is 38.5 Å². The maximum absolute atomic E-state index is 12.9. The summed E-state index contributed by atoms with van der Waals surface area (Å²) < 4.78 is 54.3. The summed E-state index contributed by atoms with van der Waals surface area (Å²) >= 11 is 0. The van der Waals surface area contributed by atoms with E-state index in [-0.39, 0.29) is 10.6 Å². The van der Waals surface area contributed by atoms with Gasteiger partial charge in [-0.15, -0.1) is 0 Å². The lowest BCUT2D eigenvalue weighted by atomic mass is 10.1. The monoisotopic (exact) mass is 408 g/mol. The highest BCUT2D eigenvalue weighted by atomic mass is 32.2. The van der Waals surface area contributed by atoms with Crippen LogP contribution in [0.4, 0.5) is 11.4 Å². The van der Waals surface area contributed by atoms with Gasteiger partial charge in [-0.1, -0.05) is 12.1 Å². The first-order valence-corrected chi connectivity index (χ1v) is 11.9. The number of sulfonamides is 2. The Morgan fingerprint density at radius 2 is 1.74 bits per heavy atom. The van der Waals surface area contributed by atoms with Crippen LogP contribution in [0, 0.1) is 20.8 Å². The van der Waals surface area contributed by atoms with E-state index in [1.54, 1.807) is 31.2 Å². The van der Waals surface area contributed by atoms with E-state index in [2.05, 4.69) is 4.72 Å². The van der Waals surface area contributed by atoms with Gasteiger partial charge in [0.25, 0.3) is 10.0 Å². The molecule has 1 N–H and O–H groups in total. The van der Waals surface area contributed by atoms with Gasteiger partial charge in [0.15, 0.2) is 0 Å². The molecule has 0 atom stereocenters. The second kappa shape index (κ2) is 7.16. The zero-order chi connectivity index (χ0) is 19.8. The largest absolute Gasteiger partial charge is 0.279 e. The standard InChI is InChI=1S/C19H24N2O4S2/c1-14-7-6-8-18(16(14)3)20-27(24,25)19-10-9-17(13-15(19)2)21-11-4-5-12-26(21,22)23/h6-10,13,20H,4-5,11-12H2,1-3H3. The highest BCUT2D eigenvalue weighted by Crippen LogP contribution is 2.29. The minimum absolute atomic E-state index is 0.125. The summed E-state index contributed by atoms with van der Waals surface area (Å²) in [6.07, 6.45) is 1.45. The number of rotatable bonds is 4. The Morgan fingerprint density at radius 1 is 1.00 bits per heavy atom. The van der Waals surface area contributed by atoms with Crippen molar-refractivity contribution in [2.75, 3.05) is 21.3 Å². The Labute approximate surface area is 161 Å². The van der Waals surface area contributed by atoms with Gasteiger partial charge in [-0.05, 0) is 74.6 Å². The number of aryl methyl sites for hydroxylation is 2. The summed E-state index contributed by atoms with van der Waals surface area (Å²) in [5, 5.41) is 0. The Morgan fingerprint density at radius 3 is 2.41 bits per heavy atom. The van der Waals surface area contributed by atoms with E-state index in [4.69, 9.17) is 0 Å². The number of nitrogens with zero attached hydrogens (tertiary/aromatic N) is 1. The summed E-state index contributed by atoms with van der Waals surface area (Å²) in [5.41, 5.74) is 3.42. The lowest BCUT2D eigenvalue weighted by Crippen LogP contribution is -2.37. The second-order valence-corrected chi connectivity index (χ2v) is 10.6. The van der Waals surface area contributed by atoms with Gasteiger partial charge in [0.2, 0.25) is 10.0 Å². The van der Waals surface area contributed by atoms with Crippen LogP contribution in [0.25, 0.3) is 0 Å². The normalized spacial score (nSPS) is 16.9. The van der Waals surface area contributed by atoms with Crippen LogP contribution in [0.15, 0.2) is 41.3 Å². The van der Waals surface area contributed by atoms with Crippen LogP contribution in [0.3, 0.4) is 0 Å². The molecule has 0 saturated carbocycles. The fraction of sp³-hybridized carbons (Fsp3) is 0.368. The van der Waals surface area contributed by atoms with E-state index in [0.29, 0.717) is 29.9 Å². The van der Waals surface area contributed by atoms with E-state index in [9.17, 15) is 16.8 Å². The quantitative estimate of drug-likeness (QED) is 0.841. The van der Waals surface area contributed by atoms with Crippen LogP contribution < -0.4 is 9.03 Å². The third kappa shape index (κ3) is 3.96. The van der Waals surface area contributed by atoms with Crippen molar-refractivity contribution >= 4 is 31.4 Å². The van der Waals surface area contributed by atoms with Crippen molar-refractivity contribution < 1.29 is 16.8 Å². The van der Waals surface area contributed by atoms with Gasteiger partial charge in [0, 0.05) is 6.54 Å². The first kappa shape index (κ1) is 19.7. The van der Waals surface area contributed by atoms with E-state index in [0.717, 1.165) is 17.5 Å². The van der Waals surface area contributed by atoms with Gasteiger partial charge in [0.05, 0.1) is 22.0 Å². The van der Waals surface area contributed by atoms with Gasteiger partial charge in [-0.25, -0.2) is 16.8 Å². The van der Waals surface area contributed by atoms with Crippen molar-refractivity contribution in [1.82, 2.24) is 0 Å². The molecule has 0 unspecified atom stereocenters. The van der Waals surface area contributed by atoms with E-state index >= 15 is 0 Å². The highest BCUT2D eigenvalue weighted by molar-refractivity contribution is 7.93. The SMILES string of the molecule is Cc1cc(N2CCCCS2(=O)=O)ccc1S(=O)(=O)Nc1cccc(C)c1C. The zero-order valence-electron chi connectivity index (χ0n) is 15.7. The molecular formula is C19H24N2O4S2. The van der Waals surface area contributed by atoms with Crippen LogP contribution in [0.1, 0.15) is 29.5 Å². The van der Waals surface area contributed by atoms with Crippen LogP contribution >= 0.6 is 0 Å². The topological polar surface area (TPSA) is 83.6 Å². The molecule has 0 bridgehead atoms. The molecule has 1 saturated heterocycles. The zero-order valence-corrected chi connectivity index (χ0v) is 17.3. The third-order valence-corrected chi connectivity index (χ3v) is 8.33. The third-order valence-electron chi connectivity index (χ3n) is 4.93. The molecule has 146 valence electrons. The predicted octanol–water partition coefficient (Wildman–Crippen LogP) is 3.34. The molecule has 8 heteroatoms. The number of nitrogens with one attached hydrogen (secondary N) is 1. The van der Waals surface area contributed by atoms with Crippen LogP contribution in [0.5, 0.6) is 0 Å². The second-order valence-electron chi connectivity index (χ2n) is 6.90. The van der Waals surface area contributed by atoms with Gasteiger partial charge in [-0.3, -0.25) is 9.03 Å². The van der Waals surface area contributed by atoms with Gasteiger partial charge in [0.1, 0.15) is 0 Å². The summed E-state index contributed by atoms with van der Waals surface area (Å²) in [5.74, 6) is 0.125. The Balaban J connectivity index is 1.94. The molecule has 0 aliphatic carbocycles. The van der Waals surface area contributed by atoms with Gasteiger partial charge in [-0.2, -0.15) is 0 Å². The molecule has 6 nitrogen and oxygen atoms in total. The van der Waals surface area contributed by atoms with Crippen LogP contribution in [0.2, 0.25) is 0 Å². The minimum Gasteiger partial charge on any atom is -0.279 e. The van der Waals surface area contributed by atoms with Gasteiger partial charge >= 0.3 is 0 Å². The predicted molar refractivity (Wildman–Crippen MR) is 108 cm³/mol. The lowest BCUT2D eigenvalue weighted by Gasteiger charge is -2.28. The minimum atomic E-state index is -3.78. The Kier molecular flexibility index (Phi) is 5.22. The van der Waals surface area contributed by atoms with E-state index in [1.807, 2.05) is 19.9 Å². The molecule has 2 aromatic carbocycles. The first-order valence-electron chi connectivity index (χ1n) is 8.82. The molecule has 3 rings (SSSR count). The number of anilines is 2. The molecule has 0 radical (unpaired) electrons. The molecule has 0 amide bonds. The van der Waals surface area contributed by atoms with Crippen LogP contribution in [-0.4, -0.2) is 29.1 Å². The molecule has 27 heavy (non-hydrogen) atoms. The number of benzene rings is 2. The Hall–Kier alpha value is -2.06. The maximum Gasteiger partial charge on any atom is 0.262 e. The van der Waals surface area contributed by atoms with Crippen LogP contribution in [-0.2, 0) is 20.0 Å². The summed E-state index contributed by atoms with van der Waals surface area (Å²) in [7, 11) is -7.11. The van der Waals surface area contributed by atoms with Crippen molar-refractivity contribution in [1.29, 1.82) is 0 Å². The first-order chi connectivity index (χ1) is 12.6. The van der Waals surface area contributed by atoms with Crippen molar-refractivity contribution in [3.8, 4) is 0 Å². The van der Waals surface area contributed by atoms with Gasteiger partial charge < -0.3 is 0 Å². The fourth-order valence-electron chi connectivity index (χ4n) is 3.23.